The lowest BCUT2D eigenvalue weighted by Crippen LogP contribution is -2.26. The minimum atomic E-state index is -0.307. The van der Waals surface area contributed by atoms with Crippen molar-refractivity contribution in [1.29, 1.82) is 0 Å². The van der Waals surface area contributed by atoms with Crippen LogP contribution in [-0.4, -0.2) is 33.7 Å². The highest BCUT2D eigenvalue weighted by Crippen LogP contribution is 2.42. The molecule has 2 aromatic heterocycles. The van der Waals surface area contributed by atoms with Gasteiger partial charge < -0.3 is 9.97 Å². The Labute approximate surface area is 176 Å². The molecule has 0 bridgehead atoms. The summed E-state index contributed by atoms with van der Waals surface area (Å²) < 4.78 is 1.73. The summed E-state index contributed by atoms with van der Waals surface area (Å²) in [6.45, 7) is 0. The number of rotatable bonds is 2. The van der Waals surface area contributed by atoms with E-state index in [4.69, 9.17) is 0 Å². The number of H-pyrrole nitrogens is 2. The fourth-order valence-corrected chi connectivity index (χ4v) is 4.98. The van der Waals surface area contributed by atoms with Crippen LogP contribution in [0.25, 0.3) is 33.0 Å². The van der Waals surface area contributed by atoms with E-state index in [1.165, 1.54) is 11.9 Å². The lowest BCUT2D eigenvalue weighted by atomic mass is 9.95. The number of nitrogens with zero attached hydrogens (tertiary/aromatic N) is 1. The van der Waals surface area contributed by atoms with Gasteiger partial charge in [-0.1, -0.05) is 44.0 Å². The molecular weight excluding hydrogens is 486 g/mol. The summed E-state index contributed by atoms with van der Waals surface area (Å²) in [6, 6.07) is 11.6. The van der Waals surface area contributed by atoms with Gasteiger partial charge in [0, 0.05) is 61.3 Å². The number of aromatic amines is 2. The number of nitrogens with one attached hydrogen (secondary N) is 2. The highest BCUT2D eigenvalue weighted by molar-refractivity contribution is 9.11. The number of halogens is 2. The van der Waals surface area contributed by atoms with Crippen LogP contribution in [0.1, 0.15) is 11.1 Å². The van der Waals surface area contributed by atoms with Gasteiger partial charge in [0.15, 0.2) is 0 Å². The monoisotopic (exact) mass is 497 g/mol. The molecule has 2 amide bonds. The summed E-state index contributed by atoms with van der Waals surface area (Å²) in [7, 11) is 1.52. The second kappa shape index (κ2) is 6.18. The maximum atomic E-state index is 13.1. The molecule has 0 radical (unpaired) electrons. The minimum absolute atomic E-state index is 0.307. The predicted molar refractivity (Wildman–Crippen MR) is 117 cm³/mol. The zero-order valence-corrected chi connectivity index (χ0v) is 17.8. The SMILES string of the molecule is CN1C(=O)C(c2c[nH]c3cccc(Br)c23)=C(c2c[nH]c3cccc(Br)c23)C1=O. The van der Waals surface area contributed by atoms with E-state index in [-0.39, 0.29) is 11.8 Å². The summed E-state index contributed by atoms with van der Waals surface area (Å²) >= 11 is 7.16. The first kappa shape index (κ1) is 17.5. The average molecular weight is 499 g/mol. The van der Waals surface area contributed by atoms with Crippen LogP contribution < -0.4 is 0 Å². The first-order valence-electron chi connectivity index (χ1n) is 8.57. The van der Waals surface area contributed by atoms with E-state index in [0.29, 0.717) is 22.3 Å². The number of hydrogen-bond acceptors (Lipinski definition) is 2. The van der Waals surface area contributed by atoms with Crippen molar-refractivity contribution in [3.8, 4) is 0 Å². The Morgan fingerprint density at radius 2 is 1.18 bits per heavy atom. The van der Waals surface area contributed by atoms with E-state index in [0.717, 1.165) is 30.8 Å². The summed E-state index contributed by atoms with van der Waals surface area (Å²) in [4.78, 5) is 33.8. The summed E-state index contributed by atoms with van der Waals surface area (Å²) in [5.74, 6) is -0.615. The topological polar surface area (TPSA) is 69.0 Å². The highest BCUT2D eigenvalue weighted by atomic mass is 79.9. The van der Waals surface area contributed by atoms with Crippen LogP contribution in [0.3, 0.4) is 0 Å². The maximum Gasteiger partial charge on any atom is 0.261 e. The first-order chi connectivity index (χ1) is 13.5. The zero-order valence-electron chi connectivity index (χ0n) is 14.6. The number of hydrogen-bond donors (Lipinski definition) is 2. The molecule has 0 aliphatic carbocycles. The van der Waals surface area contributed by atoms with E-state index in [2.05, 4.69) is 41.8 Å². The first-order valence-corrected chi connectivity index (χ1v) is 10.2. The summed E-state index contributed by atoms with van der Waals surface area (Å²) in [6.07, 6.45) is 3.58. The number of carbonyl (C=O) groups is 2. The molecule has 3 heterocycles. The molecule has 2 aromatic carbocycles. The second-order valence-corrected chi connectivity index (χ2v) is 8.36. The van der Waals surface area contributed by atoms with Crippen LogP contribution in [0, 0.1) is 0 Å². The standard InChI is InChI=1S/C21H13Br2N3O2/c1-26-20(27)18(10-8-24-14-6-2-4-12(22)16(10)14)19(21(26)28)11-9-25-15-7-3-5-13(23)17(11)15/h2-9,24-25H,1H3. The molecule has 0 fully saturated rings. The Kier molecular flexibility index (Phi) is 3.86. The third kappa shape index (κ3) is 2.29. The summed E-state index contributed by atoms with van der Waals surface area (Å²) in [5, 5.41) is 1.76. The van der Waals surface area contributed by atoms with Gasteiger partial charge in [-0.3, -0.25) is 14.5 Å². The van der Waals surface area contributed by atoms with Gasteiger partial charge in [0.05, 0.1) is 11.1 Å². The van der Waals surface area contributed by atoms with Crippen LogP contribution in [0.4, 0.5) is 0 Å². The molecule has 0 unspecified atom stereocenters. The van der Waals surface area contributed by atoms with Gasteiger partial charge in [-0.25, -0.2) is 0 Å². The fraction of sp³-hybridized carbons (Fsp3) is 0.0476. The van der Waals surface area contributed by atoms with Gasteiger partial charge in [0.2, 0.25) is 0 Å². The molecule has 28 heavy (non-hydrogen) atoms. The number of carbonyl (C=O) groups excluding carboxylic acids is 2. The van der Waals surface area contributed by atoms with Crippen LogP contribution >= 0.6 is 31.9 Å². The largest absolute Gasteiger partial charge is 0.361 e. The number of benzene rings is 2. The van der Waals surface area contributed by atoms with Gasteiger partial charge in [-0.2, -0.15) is 0 Å². The zero-order chi connectivity index (χ0) is 19.6. The van der Waals surface area contributed by atoms with Crippen molar-refractivity contribution in [2.75, 3.05) is 7.05 Å². The van der Waals surface area contributed by atoms with Gasteiger partial charge in [0.25, 0.3) is 11.8 Å². The molecule has 0 saturated heterocycles. The molecule has 0 saturated carbocycles. The van der Waals surface area contributed by atoms with E-state index in [1.807, 2.05) is 36.4 Å². The van der Waals surface area contributed by atoms with Crippen LogP contribution in [0.5, 0.6) is 0 Å². The molecular formula is C21H13Br2N3O2. The van der Waals surface area contributed by atoms with Crippen molar-refractivity contribution in [2.24, 2.45) is 0 Å². The van der Waals surface area contributed by atoms with Crippen molar-refractivity contribution in [1.82, 2.24) is 14.9 Å². The number of fused-ring (bicyclic) bond motifs is 2. The molecule has 1 aliphatic heterocycles. The Morgan fingerprint density at radius 3 is 1.61 bits per heavy atom. The molecule has 5 nitrogen and oxygen atoms in total. The van der Waals surface area contributed by atoms with E-state index in [9.17, 15) is 9.59 Å². The maximum absolute atomic E-state index is 13.1. The van der Waals surface area contributed by atoms with Crippen LogP contribution in [0.2, 0.25) is 0 Å². The quantitative estimate of drug-likeness (QED) is 0.378. The Bertz CT molecular complexity index is 1240. The van der Waals surface area contributed by atoms with E-state index >= 15 is 0 Å². The molecule has 1 aliphatic rings. The fourth-order valence-electron chi connectivity index (χ4n) is 3.82. The van der Waals surface area contributed by atoms with Gasteiger partial charge in [0.1, 0.15) is 0 Å². The molecule has 7 heteroatoms. The lowest BCUT2D eigenvalue weighted by molar-refractivity contribution is -0.134. The van der Waals surface area contributed by atoms with Crippen molar-refractivity contribution < 1.29 is 9.59 Å². The normalized spacial score (nSPS) is 14.9. The Hall–Kier alpha value is -2.64. The average Bonchev–Trinajstić information content (AvgIpc) is 3.35. The Balaban J connectivity index is 1.90. The van der Waals surface area contributed by atoms with Crippen LogP contribution in [0.15, 0.2) is 57.7 Å². The lowest BCUT2D eigenvalue weighted by Gasteiger charge is -2.06. The Morgan fingerprint density at radius 1 is 0.750 bits per heavy atom. The van der Waals surface area contributed by atoms with Gasteiger partial charge in [-0.05, 0) is 24.3 Å². The van der Waals surface area contributed by atoms with Gasteiger partial charge in [-0.15, -0.1) is 0 Å². The molecule has 2 N–H and O–H groups in total. The molecule has 4 aromatic rings. The van der Waals surface area contributed by atoms with E-state index in [1.54, 1.807) is 12.4 Å². The highest BCUT2D eigenvalue weighted by Gasteiger charge is 2.39. The molecule has 138 valence electrons. The number of likely N-dealkylation sites (N-methyl/N-ethyl adjacent to an activating group) is 1. The van der Waals surface area contributed by atoms with Crippen LogP contribution in [-0.2, 0) is 9.59 Å². The predicted octanol–water partition coefficient (Wildman–Crippen LogP) is 5.08. The third-order valence-electron chi connectivity index (χ3n) is 5.14. The van der Waals surface area contributed by atoms with Crippen molar-refractivity contribution in [2.45, 2.75) is 0 Å². The molecule has 5 rings (SSSR count). The smallest absolute Gasteiger partial charge is 0.261 e. The number of imide groups is 1. The minimum Gasteiger partial charge on any atom is -0.361 e. The summed E-state index contributed by atoms with van der Waals surface area (Å²) in [5.41, 5.74) is 4.02. The van der Waals surface area contributed by atoms with Crippen molar-refractivity contribution in [3.63, 3.8) is 0 Å². The molecule has 0 atom stereocenters. The van der Waals surface area contributed by atoms with Crippen molar-refractivity contribution in [3.05, 3.63) is 68.9 Å². The molecule has 0 spiro atoms. The number of amides is 2. The third-order valence-corrected chi connectivity index (χ3v) is 6.46. The van der Waals surface area contributed by atoms with Gasteiger partial charge >= 0.3 is 0 Å². The van der Waals surface area contributed by atoms with E-state index < -0.39 is 0 Å². The second-order valence-electron chi connectivity index (χ2n) is 6.65. The van der Waals surface area contributed by atoms with Crippen molar-refractivity contribution >= 4 is 76.6 Å². The number of aromatic nitrogens is 2.